The number of rotatable bonds is 22. The van der Waals surface area contributed by atoms with Gasteiger partial charge in [0, 0.05) is 11.9 Å². The Kier molecular flexibility index (Phi) is 17.4. The average Bonchev–Trinajstić information content (AvgIpc) is 2.76. The summed E-state index contributed by atoms with van der Waals surface area (Å²) >= 11 is 0. The topological polar surface area (TPSA) is 115 Å². The van der Waals surface area contributed by atoms with Crippen LogP contribution in [-0.2, 0) is 14.4 Å². The highest BCUT2D eigenvalue weighted by atomic mass is 16.4. The Morgan fingerprint density at radius 1 is 0.706 bits per heavy atom. The Morgan fingerprint density at radius 2 is 1.09 bits per heavy atom. The van der Waals surface area contributed by atoms with Gasteiger partial charge in [-0.05, 0) is 46.5 Å². The second kappa shape index (κ2) is 18.4. The maximum absolute atomic E-state index is 11.5. The number of quaternary nitrogens is 1. The first-order valence-corrected chi connectivity index (χ1v) is 13.2. The summed E-state index contributed by atoms with van der Waals surface area (Å²) in [7, 11) is 0. The molecule has 0 aromatic rings. The van der Waals surface area contributed by atoms with Gasteiger partial charge in [0.15, 0.2) is 0 Å². The predicted molar refractivity (Wildman–Crippen MR) is 133 cm³/mol. The fourth-order valence-corrected chi connectivity index (χ4v) is 4.76. The number of hydrogen-bond donors (Lipinski definition) is 2. The van der Waals surface area contributed by atoms with E-state index in [1.807, 2.05) is 0 Å². The van der Waals surface area contributed by atoms with E-state index < -0.39 is 35.7 Å². The monoisotopic (exact) mass is 483 g/mol. The van der Waals surface area contributed by atoms with Gasteiger partial charge in [-0.3, -0.25) is 9.59 Å². The minimum absolute atomic E-state index is 0.184. The van der Waals surface area contributed by atoms with Gasteiger partial charge >= 0.3 is 11.9 Å². The molecule has 0 heterocycles. The zero-order chi connectivity index (χ0) is 26.0. The van der Waals surface area contributed by atoms with E-state index in [9.17, 15) is 29.7 Å². The fraction of sp³-hybridized carbons (Fsp3) is 0.815. The molecule has 0 fully saturated rings. The number of nitrogens with zero attached hydrogens (tertiary/aromatic N) is 1. The van der Waals surface area contributed by atoms with E-state index in [-0.39, 0.29) is 24.1 Å². The Balaban J connectivity index is 4.72. The maximum atomic E-state index is 11.5. The first-order chi connectivity index (χ1) is 16.0. The molecule has 0 aromatic carbocycles. The van der Waals surface area contributed by atoms with E-state index in [0.717, 1.165) is 25.7 Å². The maximum Gasteiger partial charge on any atom is 0.311 e. The molecule has 0 bridgehead atoms. The lowest BCUT2D eigenvalue weighted by molar-refractivity contribution is -0.934. The quantitative estimate of drug-likeness (QED) is 0.133. The molecule has 0 spiro atoms. The highest BCUT2D eigenvalue weighted by Crippen LogP contribution is 2.22. The highest BCUT2D eigenvalue weighted by Gasteiger charge is 2.36. The molecule has 3 atom stereocenters. The normalized spacial score (nSPS) is 16.1. The van der Waals surface area contributed by atoms with E-state index >= 15 is 0 Å². The molecule has 2 N–H and O–H groups in total. The van der Waals surface area contributed by atoms with Crippen LogP contribution in [0.5, 0.6) is 0 Å². The van der Waals surface area contributed by atoms with Crippen LogP contribution in [0.15, 0.2) is 12.2 Å². The van der Waals surface area contributed by atoms with E-state index in [4.69, 9.17) is 0 Å². The number of carbonyl (C=O) groups excluding carboxylic acids is 1. The van der Waals surface area contributed by atoms with E-state index in [2.05, 4.69) is 19.1 Å². The van der Waals surface area contributed by atoms with Crippen molar-refractivity contribution in [3.63, 3.8) is 0 Å². The molecule has 7 nitrogen and oxygen atoms in total. The molecular weight excluding hydrogens is 434 g/mol. The summed E-state index contributed by atoms with van der Waals surface area (Å²) in [6, 6.07) is 0. The molecule has 7 heteroatoms. The van der Waals surface area contributed by atoms with Crippen LogP contribution in [0, 0.1) is 17.8 Å². The average molecular weight is 484 g/mol. The lowest BCUT2D eigenvalue weighted by Crippen LogP contribution is -2.58. The number of carbonyl (C=O) groups is 3. The lowest BCUT2D eigenvalue weighted by atomic mass is 10.00. The van der Waals surface area contributed by atoms with Crippen LogP contribution in [0.25, 0.3) is 0 Å². The van der Waals surface area contributed by atoms with E-state index in [1.54, 1.807) is 20.8 Å². The largest absolute Gasteiger partial charge is 0.550 e. The Hall–Kier alpha value is -1.89. The summed E-state index contributed by atoms with van der Waals surface area (Å²) < 4.78 is 0.184. The molecule has 198 valence electrons. The fourth-order valence-electron chi connectivity index (χ4n) is 4.76. The van der Waals surface area contributed by atoms with Gasteiger partial charge in [0.1, 0.15) is 11.8 Å². The van der Waals surface area contributed by atoms with Gasteiger partial charge in [-0.1, -0.05) is 64.0 Å². The minimum Gasteiger partial charge on any atom is -0.550 e. The number of aliphatic carboxylic acids is 3. The van der Waals surface area contributed by atoms with Crippen molar-refractivity contribution in [2.24, 2.45) is 17.8 Å². The zero-order valence-corrected chi connectivity index (χ0v) is 22.0. The van der Waals surface area contributed by atoms with Gasteiger partial charge in [-0.25, -0.2) is 0 Å². The van der Waals surface area contributed by atoms with Crippen molar-refractivity contribution in [1.82, 2.24) is 0 Å². The van der Waals surface area contributed by atoms with Crippen LogP contribution >= 0.6 is 0 Å². The third kappa shape index (κ3) is 15.1. The summed E-state index contributed by atoms with van der Waals surface area (Å²) in [5.74, 6) is -5.24. The molecule has 0 aliphatic rings. The van der Waals surface area contributed by atoms with Crippen LogP contribution in [0.4, 0.5) is 0 Å². The first-order valence-electron chi connectivity index (χ1n) is 13.2. The van der Waals surface area contributed by atoms with Crippen molar-refractivity contribution in [1.29, 1.82) is 0 Å². The number of unbranched alkanes of at least 4 members (excludes halogenated alkanes) is 10. The molecule has 0 aliphatic carbocycles. The number of hydrogen-bond acceptors (Lipinski definition) is 4. The van der Waals surface area contributed by atoms with Crippen molar-refractivity contribution in [2.45, 2.75) is 98.3 Å². The van der Waals surface area contributed by atoms with Crippen LogP contribution in [0.1, 0.15) is 98.3 Å². The molecule has 3 unspecified atom stereocenters. The van der Waals surface area contributed by atoms with Gasteiger partial charge in [-0.15, -0.1) is 0 Å². The van der Waals surface area contributed by atoms with Crippen LogP contribution in [0.3, 0.4) is 0 Å². The molecule has 0 rings (SSSR count). The zero-order valence-electron chi connectivity index (χ0n) is 22.0. The SMILES string of the molecule is C/C=C/CCCCCCCCCCCC[N+](CC(C)C(=O)[O-])(CC(C)C(=O)O)CC(C)C(=O)O. The molecule has 0 aliphatic heterocycles. The number of carboxylic acids is 3. The molecular formula is C27H49NO6. The van der Waals surface area contributed by atoms with Crippen molar-refractivity contribution in [3.05, 3.63) is 12.2 Å². The summed E-state index contributed by atoms with van der Waals surface area (Å²) in [5, 5.41) is 30.4. The van der Waals surface area contributed by atoms with Crippen molar-refractivity contribution in [3.8, 4) is 0 Å². The smallest absolute Gasteiger partial charge is 0.311 e. The molecule has 0 saturated carbocycles. The molecule has 0 amide bonds. The van der Waals surface area contributed by atoms with Gasteiger partial charge in [0.05, 0.1) is 26.2 Å². The molecule has 0 aromatic heterocycles. The Morgan fingerprint density at radius 3 is 1.47 bits per heavy atom. The molecule has 34 heavy (non-hydrogen) atoms. The van der Waals surface area contributed by atoms with Gasteiger partial charge < -0.3 is 24.6 Å². The van der Waals surface area contributed by atoms with E-state index in [0.29, 0.717) is 6.54 Å². The standard InChI is InChI=1S/C27H49NO6/c1-5-6-7-8-9-10-11-12-13-14-15-16-17-18-28(19-22(2)25(29)30,20-23(3)26(31)32)21-24(4)27(33)34/h5-6,22-24H,7-21H2,1-4H3,(H2-,29,30,31,32,33,34)/b6-5+. The summed E-state index contributed by atoms with van der Waals surface area (Å²) in [6.07, 6.45) is 17.1. The Labute approximate surface area is 206 Å². The van der Waals surface area contributed by atoms with Crippen molar-refractivity contribution >= 4 is 17.9 Å². The second-order valence-electron chi connectivity index (χ2n) is 10.2. The minimum atomic E-state index is -1.18. The second-order valence-corrected chi connectivity index (χ2v) is 10.2. The summed E-state index contributed by atoms with van der Waals surface area (Å²) in [6.45, 7) is 8.03. The third-order valence-corrected chi connectivity index (χ3v) is 6.72. The molecule has 0 radical (unpaired) electrons. The van der Waals surface area contributed by atoms with Gasteiger partial charge in [0.2, 0.25) is 0 Å². The summed E-state index contributed by atoms with van der Waals surface area (Å²) in [4.78, 5) is 34.5. The van der Waals surface area contributed by atoms with E-state index in [1.165, 1.54) is 44.9 Å². The van der Waals surface area contributed by atoms with Gasteiger partial charge in [0.25, 0.3) is 0 Å². The van der Waals surface area contributed by atoms with Crippen LogP contribution < -0.4 is 5.11 Å². The lowest BCUT2D eigenvalue weighted by Gasteiger charge is -2.43. The highest BCUT2D eigenvalue weighted by molar-refractivity contribution is 5.70. The third-order valence-electron chi connectivity index (χ3n) is 6.72. The summed E-state index contributed by atoms with van der Waals surface area (Å²) in [5.41, 5.74) is 0. The van der Waals surface area contributed by atoms with Gasteiger partial charge in [-0.2, -0.15) is 0 Å². The Bertz CT molecular complexity index is 563. The van der Waals surface area contributed by atoms with Crippen molar-refractivity contribution in [2.75, 3.05) is 26.2 Å². The molecule has 0 saturated heterocycles. The number of carboxylic acid groups (broad SMARTS) is 3. The van der Waals surface area contributed by atoms with Crippen LogP contribution in [-0.4, -0.2) is 58.8 Å². The predicted octanol–water partition coefficient (Wildman–Crippen LogP) is 4.50. The first kappa shape index (κ1) is 32.1. The van der Waals surface area contributed by atoms with Crippen molar-refractivity contribution < 1.29 is 34.2 Å². The van der Waals surface area contributed by atoms with Crippen LogP contribution in [0.2, 0.25) is 0 Å². The number of allylic oxidation sites excluding steroid dienone is 2.